The number of aliphatic hydroxyl groups is 1. The second-order valence-electron chi connectivity index (χ2n) is 5.44. The zero-order valence-electron chi connectivity index (χ0n) is 12.5. The summed E-state index contributed by atoms with van der Waals surface area (Å²) in [6, 6.07) is 6.02. The second-order valence-corrected chi connectivity index (χ2v) is 5.44. The topological polar surface area (TPSA) is 130 Å². The molecular weight excluding hydrogens is 299 g/mol. The molecule has 8 heteroatoms. The van der Waals surface area contributed by atoms with Gasteiger partial charge in [0.15, 0.2) is 5.84 Å². The lowest BCUT2D eigenvalue weighted by molar-refractivity contribution is 0.126. The number of halogens is 1. The van der Waals surface area contributed by atoms with E-state index in [1.165, 1.54) is 12.1 Å². The van der Waals surface area contributed by atoms with E-state index in [9.17, 15) is 9.50 Å². The van der Waals surface area contributed by atoms with E-state index < -0.39 is 11.7 Å². The van der Waals surface area contributed by atoms with Crippen molar-refractivity contribution in [2.75, 3.05) is 10.7 Å². The first kappa shape index (κ1) is 16.7. The summed E-state index contributed by atoms with van der Waals surface area (Å²) in [7, 11) is 0. The van der Waals surface area contributed by atoms with E-state index in [0.717, 1.165) is 25.7 Å². The second kappa shape index (κ2) is 7.56. The number of nitriles is 1. The lowest BCUT2D eigenvalue weighted by Gasteiger charge is -2.27. The summed E-state index contributed by atoms with van der Waals surface area (Å²) in [5, 5.41) is 32.6. The third-order valence-electron chi connectivity index (χ3n) is 3.69. The van der Waals surface area contributed by atoms with E-state index >= 15 is 0 Å². The zero-order valence-corrected chi connectivity index (χ0v) is 12.5. The molecule has 0 aliphatic heterocycles. The van der Waals surface area contributed by atoms with E-state index in [1.807, 2.05) is 0 Å². The Hall–Kier alpha value is -2.66. The fraction of sp³-hybridized carbons (Fsp3) is 0.400. The highest BCUT2D eigenvalue weighted by molar-refractivity contribution is 6.45. The third-order valence-corrected chi connectivity index (χ3v) is 3.69. The lowest BCUT2D eigenvalue weighted by Crippen LogP contribution is -2.28. The standard InChI is InChI=1S/C15H19FN6O/c16-9-1-6-12(20-10-2-4-11(23)5-3-10)13(7-9)21-22-14(8-17)15(18)19/h1,6-7,10-11,20-21,23H,2-5H2,(H3,18,19)/b22-14+. The van der Waals surface area contributed by atoms with Crippen LogP contribution < -0.4 is 16.5 Å². The Kier molecular flexibility index (Phi) is 5.49. The van der Waals surface area contributed by atoms with Gasteiger partial charge in [0.05, 0.1) is 17.5 Å². The van der Waals surface area contributed by atoms with Crippen molar-refractivity contribution in [2.45, 2.75) is 37.8 Å². The summed E-state index contributed by atoms with van der Waals surface area (Å²) in [5.41, 5.74) is 8.51. The molecule has 1 aromatic carbocycles. The predicted octanol–water partition coefficient (Wildman–Crippen LogP) is 1.77. The Bertz CT molecular complexity index is 646. The van der Waals surface area contributed by atoms with Crippen molar-refractivity contribution in [1.29, 1.82) is 10.7 Å². The maximum absolute atomic E-state index is 13.5. The normalized spacial score (nSPS) is 21.3. The van der Waals surface area contributed by atoms with E-state index in [2.05, 4.69) is 15.8 Å². The van der Waals surface area contributed by atoms with E-state index in [1.54, 1.807) is 12.1 Å². The number of amidine groups is 1. The van der Waals surface area contributed by atoms with Crippen molar-refractivity contribution in [3.63, 3.8) is 0 Å². The van der Waals surface area contributed by atoms with E-state index in [0.29, 0.717) is 11.4 Å². The summed E-state index contributed by atoms with van der Waals surface area (Å²) in [5.74, 6) is -0.916. The molecular formula is C15H19FN6O. The Morgan fingerprint density at radius 2 is 2.04 bits per heavy atom. The summed E-state index contributed by atoms with van der Waals surface area (Å²) in [4.78, 5) is 0. The van der Waals surface area contributed by atoms with Gasteiger partial charge in [-0.3, -0.25) is 10.8 Å². The minimum Gasteiger partial charge on any atom is -0.393 e. The molecule has 0 bridgehead atoms. The molecule has 6 N–H and O–H groups in total. The molecule has 23 heavy (non-hydrogen) atoms. The van der Waals surface area contributed by atoms with E-state index in [-0.39, 0.29) is 17.9 Å². The summed E-state index contributed by atoms with van der Waals surface area (Å²) in [6.45, 7) is 0. The molecule has 1 aliphatic carbocycles. The SMILES string of the molecule is N#C/C(=N\Nc1cc(F)ccc1NC1CCC(O)CC1)C(=N)N. The fourth-order valence-corrected chi connectivity index (χ4v) is 2.44. The monoisotopic (exact) mass is 318 g/mol. The molecule has 1 saturated carbocycles. The first-order valence-electron chi connectivity index (χ1n) is 7.32. The Morgan fingerprint density at radius 1 is 1.35 bits per heavy atom. The van der Waals surface area contributed by atoms with Crippen LogP contribution in [0, 0.1) is 22.6 Å². The number of nitrogens with two attached hydrogens (primary N) is 1. The summed E-state index contributed by atoms with van der Waals surface area (Å²) in [6.07, 6.45) is 2.83. The van der Waals surface area contributed by atoms with Gasteiger partial charge in [0.1, 0.15) is 11.9 Å². The van der Waals surface area contributed by atoms with Crippen LogP contribution >= 0.6 is 0 Å². The summed E-state index contributed by atoms with van der Waals surface area (Å²) >= 11 is 0. The number of benzene rings is 1. The maximum atomic E-state index is 13.5. The number of hydrazone groups is 1. The lowest BCUT2D eigenvalue weighted by atomic mass is 9.93. The van der Waals surface area contributed by atoms with Crippen molar-refractivity contribution in [1.82, 2.24) is 0 Å². The Morgan fingerprint density at radius 3 is 2.65 bits per heavy atom. The molecule has 1 aliphatic rings. The molecule has 0 spiro atoms. The van der Waals surface area contributed by atoms with Gasteiger partial charge in [-0.25, -0.2) is 4.39 Å². The van der Waals surface area contributed by atoms with Gasteiger partial charge in [-0.05, 0) is 37.8 Å². The predicted molar refractivity (Wildman–Crippen MR) is 86.9 cm³/mol. The number of anilines is 2. The Balaban J connectivity index is 2.14. The molecule has 2 rings (SSSR count). The van der Waals surface area contributed by atoms with Crippen LogP contribution in [0.2, 0.25) is 0 Å². The number of nitrogens with one attached hydrogen (secondary N) is 3. The minimum atomic E-state index is -0.466. The van der Waals surface area contributed by atoms with Gasteiger partial charge in [-0.15, -0.1) is 0 Å². The molecule has 7 nitrogen and oxygen atoms in total. The van der Waals surface area contributed by atoms with Gasteiger partial charge < -0.3 is 16.2 Å². The molecule has 0 heterocycles. The average Bonchev–Trinajstić information content (AvgIpc) is 2.52. The molecule has 1 fully saturated rings. The molecule has 122 valence electrons. The van der Waals surface area contributed by atoms with Crippen molar-refractivity contribution in [3.05, 3.63) is 24.0 Å². The number of hydrogen-bond donors (Lipinski definition) is 5. The van der Waals surface area contributed by atoms with Gasteiger partial charge in [0.25, 0.3) is 0 Å². The van der Waals surface area contributed by atoms with Crippen LogP contribution in [0.15, 0.2) is 23.3 Å². The first-order chi connectivity index (χ1) is 11.0. The van der Waals surface area contributed by atoms with Gasteiger partial charge in [-0.1, -0.05) is 0 Å². The fourth-order valence-electron chi connectivity index (χ4n) is 2.44. The van der Waals surface area contributed by atoms with Crippen molar-refractivity contribution >= 4 is 22.9 Å². The van der Waals surface area contributed by atoms with Crippen LogP contribution in [0.25, 0.3) is 0 Å². The van der Waals surface area contributed by atoms with Gasteiger partial charge in [0.2, 0.25) is 5.71 Å². The Labute approximate surface area is 133 Å². The quantitative estimate of drug-likeness (QED) is 0.321. The number of hydrogen-bond acceptors (Lipinski definition) is 6. The van der Waals surface area contributed by atoms with Gasteiger partial charge in [-0.2, -0.15) is 10.4 Å². The molecule has 0 unspecified atom stereocenters. The molecule has 0 atom stereocenters. The highest BCUT2D eigenvalue weighted by atomic mass is 19.1. The zero-order chi connectivity index (χ0) is 16.8. The van der Waals surface area contributed by atoms with Crippen LogP contribution in [0.5, 0.6) is 0 Å². The summed E-state index contributed by atoms with van der Waals surface area (Å²) < 4.78 is 13.5. The number of rotatable bonds is 5. The van der Waals surface area contributed by atoms with Crippen LogP contribution in [-0.4, -0.2) is 28.8 Å². The average molecular weight is 318 g/mol. The molecule has 0 radical (unpaired) electrons. The van der Waals surface area contributed by atoms with Crippen molar-refractivity contribution in [2.24, 2.45) is 10.8 Å². The van der Waals surface area contributed by atoms with Crippen LogP contribution in [0.3, 0.4) is 0 Å². The highest BCUT2D eigenvalue weighted by Crippen LogP contribution is 2.27. The van der Waals surface area contributed by atoms with Crippen molar-refractivity contribution < 1.29 is 9.50 Å². The molecule has 0 aromatic heterocycles. The van der Waals surface area contributed by atoms with Crippen LogP contribution in [0.4, 0.5) is 15.8 Å². The number of nitrogens with zero attached hydrogens (tertiary/aromatic N) is 2. The maximum Gasteiger partial charge on any atom is 0.201 e. The van der Waals surface area contributed by atoms with Crippen LogP contribution in [-0.2, 0) is 0 Å². The number of aliphatic hydroxyl groups excluding tert-OH is 1. The third kappa shape index (κ3) is 4.66. The van der Waals surface area contributed by atoms with Crippen LogP contribution in [0.1, 0.15) is 25.7 Å². The smallest absolute Gasteiger partial charge is 0.201 e. The van der Waals surface area contributed by atoms with Gasteiger partial charge in [0, 0.05) is 12.1 Å². The highest BCUT2D eigenvalue weighted by Gasteiger charge is 2.20. The van der Waals surface area contributed by atoms with E-state index in [4.69, 9.17) is 16.4 Å². The van der Waals surface area contributed by atoms with Gasteiger partial charge >= 0.3 is 0 Å². The molecule has 1 aromatic rings. The van der Waals surface area contributed by atoms with Crippen molar-refractivity contribution in [3.8, 4) is 6.07 Å². The minimum absolute atomic E-state index is 0.177. The molecule has 0 amide bonds. The molecule has 0 saturated heterocycles. The first-order valence-corrected chi connectivity index (χ1v) is 7.32. The largest absolute Gasteiger partial charge is 0.393 e.